The van der Waals surface area contributed by atoms with E-state index in [-0.39, 0.29) is 45.9 Å². The van der Waals surface area contributed by atoms with Crippen molar-refractivity contribution in [3.63, 3.8) is 0 Å². The van der Waals surface area contributed by atoms with E-state index in [4.69, 9.17) is 0 Å². The second-order valence-electron chi connectivity index (χ2n) is 11.1. The summed E-state index contributed by atoms with van der Waals surface area (Å²) in [5, 5.41) is 23.1. The van der Waals surface area contributed by atoms with Crippen LogP contribution >= 0.6 is 0 Å². The Morgan fingerprint density at radius 3 is 2.88 bits per heavy atom. The molecule has 1 aromatic carbocycles. The van der Waals surface area contributed by atoms with Gasteiger partial charge in [-0.25, -0.2) is 0 Å². The number of nitrogens with zero attached hydrogens (tertiary/aromatic N) is 6. The molecule has 204 valence electrons. The van der Waals surface area contributed by atoms with Crippen LogP contribution in [-0.2, 0) is 24.2 Å². The van der Waals surface area contributed by atoms with E-state index in [2.05, 4.69) is 20.4 Å². The lowest BCUT2D eigenvalue weighted by Crippen LogP contribution is -2.61. The molecule has 11 heteroatoms. The van der Waals surface area contributed by atoms with Crippen LogP contribution in [0, 0.1) is 22.0 Å². The van der Waals surface area contributed by atoms with Gasteiger partial charge in [0.05, 0.1) is 10.8 Å². The van der Waals surface area contributed by atoms with Crippen molar-refractivity contribution in [3.05, 3.63) is 98.3 Å². The van der Waals surface area contributed by atoms with E-state index in [0.717, 1.165) is 34.8 Å². The van der Waals surface area contributed by atoms with E-state index < -0.39 is 0 Å². The molecule has 7 rings (SSSR count). The minimum atomic E-state index is -0.386. The number of benzene rings is 1. The summed E-state index contributed by atoms with van der Waals surface area (Å²) in [5.74, 6) is 0.692. The lowest BCUT2D eigenvalue weighted by Gasteiger charge is -2.54. The number of carbonyl (C=O) groups excluding carboxylic acids is 1. The first kappa shape index (κ1) is 24.5. The van der Waals surface area contributed by atoms with Crippen LogP contribution in [0.25, 0.3) is 5.65 Å². The van der Waals surface area contributed by atoms with Crippen molar-refractivity contribution in [2.24, 2.45) is 11.8 Å². The van der Waals surface area contributed by atoms with Crippen molar-refractivity contribution >= 4 is 22.9 Å². The number of fused-ring (bicyclic) bond motifs is 9. The Labute approximate surface area is 229 Å². The van der Waals surface area contributed by atoms with Gasteiger partial charge in [0, 0.05) is 73.8 Å². The van der Waals surface area contributed by atoms with Crippen LogP contribution in [0.3, 0.4) is 0 Å². The third-order valence-corrected chi connectivity index (χ3v) is 8.80. The van der Waals surface area contributed by atoms with Crippen molar-refractivity contribution in [2.45, 2.75) is 44.2 Å². The van der Waals surface area contributed by atoms with Crippen molar-refractivity contribution in [2.75, 3.05) is 18.0 Å². The maximum atomic E-state index is 13.8. The van der Waals surface area contributed by atoms with Gasteiger partial charge in [-0.15, -0.1) is 10.2 Å². The first-order chi connectivity index (χ1) is 19.5. The molecule has 3 aliphatic rings. The molecule has 40 heavy (non-hydrogen) atoms. The van der Waals surface area contributed by atoms with Crippen molar-refractivity contribution in [1.29, 1.82) is 0 Å². The molecular weight excluding hydrogens is 510 g/mol. The molecule has 2 bridgehead atoms. The molecule has 1 amide bonds. The number of nitro groups is 1. The van der Waals surface area contributed by atoms with Crippen LogP contribution in [0.2, 0.25) is 0 Å². The third-order valence-electron chi connectivity index (χ3n) is 8.80. The summed E-state index contributed by atoms with van der Waals surface area (Å²) < 4.78 is 3.82. The van der Waals surface area contributed by atoms with E-state index in [1.165, 1.54) is 0 Å². The zero-order valence-corrected chi connectivity index (χ0v) is 21.8. The summed E-state index contributed by atoms with van der Waals surface area (Å²) in [7, 11) is 0. The SMILES string of the molecule is O=C(NCCCc1nnc2ccccn12)[C@@H]1Cc2cc([N+](=O)[O-])ccc2N2CC3CC(Cn4c3cccc4=O)[C@@H]12. The van der Waals surface area contributed by atoms with Gasteiger partial charge in [0.1, 0.15) is 5.82 Å². The Balaban J connectivity index is 1.14. The van der Waals surface area contributed by atoms with Crippen LogP contribution in [0.1, 0.15) is 35.8 Å². The number of rotatable bonds is 6. The molecule has 1 N–H and O–H groups in total. The fourth-order valence-corrected chi connectivity index (χ4v) is 7.10. The van der Waals surface area contributed by atoms with Crippen LogP contribution in [0.5, 0.6) is 0 Å². The number of non-ortho nitro benzene ring substituents is 1. The highest BCUT2D eigenvalue weighted by atomic mass is 16.6. The highest BCUT2D eigenvalue weighted by molar-refractivity contribution is 5.82. The molecule has 3 aromatic heterocycles. The van der Waals surface area contributed by atoms with Gasteiger partial charge in [-0.05, 0) is 55.0 Å². The number of aryl methyl sites for hydroxylation is 1. The predicted molar refractivity (Wildman–Crippen MR) is 147 cm³/mol. The summed E-state index contributed by atoms with van der Waals surface area (Å²) in [6.45, 7) is 1.72. The van der Waals surface area contributed by atoms with Gasteiger partial charge in [0.15, 0.2) is 5.65 Å². The fraction of sp³-hybridized carbons (Fsp3) is 0.379. The molecule has 0 radical (unpaired) electrons. The topological polar surface area (TPSA) is 128 Å². The second kappa shape index (κ2) is 9.58. The summed E-state index contributed by atoms with van der Waals surface area (Å²) in [6.07, 6.45) is 4.65. The number of hydrogen-bond donors (Lipinski definition) is 1. The molecule has 11 nitrogen and oxygen atoms in total. The molecule has 0 spiro atoms. The quantitative estimate of drug-likeness (QED) is 0.227. The van der Waals surface area contributed by atoms with Gasteiger partial charge in [0.25, 0.3) is 11.2 Å². The monoisotopic (exact) mass is 539 g/mol. The number of nitro benzene ring substituents is 1. The number of nitrogens with one attached hydrogen (secondary N) is 1. The van der Waals surface area contributed by atoms with Gasteiger partial charge in [-0.2, -0.15) is 0 Å². The molecular formula is C29H29N7O4. The molecule has 3 aliphatic heterocycles. The van der Waals surface area contributed by atoms with E-state index in [1.807, 2.05) is 51.6 Å². The van der Waals surface area contributed by atoms with Crippen LogP contribution < -0.4 is 15.8 Å². The highest BCUT2D eigenvalue weighted by Gasteiger charge is 2.49. The number of hydrogen-bond acceptors (Lipinski definition) is 7. The second-order valence-corrected chi connectivity index (χ2v) is 11.1. The number of pyridine rings is 2. The highest BCUT2D eigenvalue weighted by Crippen LogP contribution is 2.47. The summed E-state index contributed by atoms with van der Waals surface area (Å²) in [6, 6.07) is 16.1. The Hall–Kier alpha value is -4.54. The summed E-state index contributed by atoms with van der Waals surface area (Å²) >= 11 is 0. The van der Waals surface area contributed by atoms with Crippen LogP contribution in [0.15, 0.2) is 65.6 Å². The zero-order chi connectivity index (χ0) is 27.4. The molecule has 1 fully saturated rings. The van der Waals surface area contributed by atoms with Gasteiger partial charge in [-0.1, -0.05) is 12.1 Å². The minimum Gasteiger partial charge on any atom is -0.366 e. The molecule has 4 aromatic rings. The van der Waals surface area contributed by atoms with Gasteiger partial charge >= 0.3 is 0 Å². The fourth-order valence-electron chi connectivity index (χ4n) is 7.10. The Morgan fingerprint density at radius 1 is 1.10 bits per heavy atom. The first-order valence-corrected chi connectivity index (χ1v) is 13.8. The number of amides is 1. The summed E-state index contributed by atoms with van der Waals surface area (Å²) in [4.78, 5) is 39.9. The lowest BCUT2D eigenvalue weighted by atomic mass is 9.70. The smallest absolute Gasteiger partial charge is 0.269 e. The molecule has 0 aliphatic carbocycles. The maximum Gasteiger partial charge on any atom is 0.269 e. The Bertz CT molecular complexity index is 1700. The summed E-state index contributed by atoms with van der Waals surface area (Å²) in [5.41, 5.74) is 3.63. The Morgan fingerprint density at radius 2 is 2.00 bits per heavy atom. The molecule has 2 unspecified atom stereocenters. The number of aromatic nitrogens is 4. The maximum absolute atomic E-state index is 13.8. The molecule has 1 saturated heterocycles. The average molecular weight is 540 g/mol. The van der Waals surface area contributed by atoms with Crippen LogP contribution in [0.4, 0.5) is 11.4 Å². The van der Waals surface area contributed by atoms with E-state index in [0.29, 0.717) is 38.9 Å². The van der Waals surface area contributed by atoms with E-state index in [9.17, 15) is 19.7 Å². The Kier molecular flexibility index (Phi) is 5.87. The van der Waals surface area contributed by atoms with Crippen molar-refractivity contribution in [1.82, 2.24) is 24.5 Å². The van der Waals surface area contributed by atoms with Gasteiger partial charge < -0.3 is 14.8 Å². The third kappa shape index (κ3) is 4.04. The van der Waals surface area contributed by atoms with E-state index >= 15 is 0 Å². The van der Waals surface area contributed by atoms with Crippen molar-refractivity contribution in [3.8, 4) is 0 Å². The molecule has 0 saturated carbocycles. The normalized spacial score (nSPS) is 22.8. The van der Waals surface area contributed by atoms with E-state index in [1.54, 1.807) is 18.2 Å². The lowest BCUT2D eigenvalue weighted by molar-refractivity contribution is -0.384. The molecule has 6 heterocycles. The number of anilines is 1. The van der Waals surface area contributed by atoms with Crippen LogP contribution in [-0.4, -0.2) is 49.1 Å². The van der Waals surface area contributed by atoms with Crippen molar-refractivity contribution < 1.29 is 9.72 Å². The minimum absolute atomic E-state index is 0.00510. The first-order valence-electron chi connectivity index (χ1n) is 13.8. The van der Waals surface area contributed by atoms with Gasteiger partial charge in [0.2, 0.25) is 5.91 Å². The number of carbonyl (C=O) groups is 1. The zero-order valence-electron chi connectivity index (χ0n) is 21.8. The van der Waals surface area contributed by atoms with Gasteiger partial charge in [-0.3, -0.25) is 24.1 Å². The predicted octanol–water partition coefficient (Wildman–Crippen LogP) is 2.71. The largest absolute Gasteiger partial charge is 0.366 e. The standard InChI is InChI=1S/C29H29N7O4/c37-27-8-3-5-23-19-13-20(17-34(23)27)28-22(15-18-14-21(36(39)40)9-10-24(18)35(28)16-19)29(38)30-11-4-7-26-32-31-25-6-1-2-12-33(25)26/h1-3,5-6,8-10,12,14,19-20,22,28H,4,7,11,13,15-17H2,(H,30,38)/t19?,20?,22-,28+/m1/s1. The average Bonchev–Trinajstić information content (AvgIpc) is 3.38. The number of piperidine rings is 1. The molecule has 4 atom stereocenters.